The van der Waals surface area contributed by atoms with Crippen molar-refractivity contribution in [3.63, 3.8) is 0 Å². The van der Waals surface area contributed by atoms with Gasteiger partial charge in [0.25, 0.3) is 0 Å². The van der Waals surface area contributed by atoms with Crippen LogP contribution in [0.3, 0.4) is 0 Å². The lowest BCUT2D eigenvalue weighted by molar-refractivity contribution is -0.168. The second-order valence-corrected chi connectivity index (χ2v) is 6.96. The molecule has 5 heteroatoms. The maximum atomic E-state index is 12.7. The van der Waals surface area contributed by atoms with Gasteiger partial charge >= 0.3 is 5.97 Å². The number of piperidine rings is 1. The lowest BCUT2D eigenvalue weighted by Gasteiger charge is -2.38. The van der Waals surface area contributed by atoms with E-state index in [4.69, 9.17) is 9.47 Å². The second-order valence-electron chi connectivity index (χ2n) is 6.96. The Morgan fingerprint density at radius 3 is 2.38 bits per heavy atom. The molecule has 1 unspecified atom stereocenters. The van der Waals surface area contributed by atoms with Gasteiger partial charge in [-0.1, -0.05) is 0 Å². The van der Waals surface area contributed by atoms with Crippen LogP contribution in [0.15, 0.2) is 0 Å². The second kappa shape index (κ2) is 6.77. The Balaban J connectivity index is 2.04. The Morgan fingerprint density at radius 1 is 1.10 bits per heavy atom. The average molecular weight is 297 g/mol. The number of amides is 1. The maximum Gasteiger partial charge on any atom is 0.329 e. The lowest BCUT2D eigenvalue weighted by Crippen LogP contribution is -2.52. The molecule has 5 nitrogen and oxygen atoms in total. The van der Waals surface area contributed by atoms with E-state index in [2.05, 4.69) is 0 Å². The fourth-order valence-corrected chi connectivity index (χ4v) is 2.99. The molecule has 1 amide bonds. The van der Waals surface area contributed by atoms with Crippen molar-refractivity contribution in [2.45, 2.75) is 64.5 Å². The van der Waals surface area contributed by atoms with Crippen molar-refractivity contribution in [1.82, 2.24) is 4.90 Å². The van der Waals surface area contributed by atoms with E-state index in [1.165, 1.54) is 0 Å². The number of esters is 1. The van der Waals surface area contributed by atoms with E-state index < -0.39 is 11.6 Å². The lowest BCUT2D eigenvalue weighted by atomic mass is 9.94. The fourth-order valence-electron chi connectivity index (χ4n) is 2.99. The van der Waals surface area contributed by atoms with Crippen LogP contribution in [-0.2, 0) is 19.1 Å². The van der Waals surface area contributed by atoms with Crippen molar-refractivity contribution in [3.8, 4) is 0 Å². The van der Waals surface area contributed by atoms with Crippen LogP contribution in [0.1, 0.15) is 52.9 Å². The molecule has 21 heavy (non-hydrogen) atoms. The minimum Gasteiger partial charge on any atom is -0.458 e. The molecule has 2 rings (SSSR count). The fraction of sp³-hybridized carbons (Fsp3) is 0.875. The highest BCUT2D eigenvalue weighted by Gasteiger charge is 2.37. The minimum absolute atomic E-state index is 0.00165. The monoisotopic (exact) mass is 297 g/mol. The summed E-state index contributed by atoms with van der Waals surface area (Å²) in [5.41, 5.74) is -0.512. The average Bonchev–Trinajstić information content (AvgIpc) is 2.45. The van der Waals surface area contributed by atoms with E-state index in [-0.39, 0.29) is 17.8 Å². The number of rotatable bonds is 2. The van der Waals surface area contributed by atoms with E-state index in [9.17, 15) is 9.59 Å². The van der Waals surface area contributed by atoms with Gasteiger partial charge in [-0.3, -0.25) is 4.79 Å². The number of carbonyl (C=O) groups is 2. The summed E-state index contributed by atoms with van der Waals surface area (Å²) in [5, 5.41) is 0. The van der Waals surface area contributed by atoms with Gasteiger partial charge in [-0.05, 0) is 52.9 Å². The number of hydrogen-bond acceptors (Lipinski definition) is 4. The minimum atomic E-state index is -0.512. The first kappa shape index (κ1) is 16.3. The molecule has 0 aromatic carbocycles. The van der Waals surface area contributed by atoms with E-state index in [0.29, 0.717) is 26.2 Å². The number of carbonyl (C=O) groups excluding carboxylic acids is 2. The van der Waals surface area contributed by atoms with Crippen LogP contribution in [0.5, 0.6) is 0 Å². The molecule has 0 N–H and O–H groups in total. The SMILES string of the molecule is CC(C)(C)OC(=O)C1CCCCN1C(=O)C1CCOCC1. The molecule has 1 atom stereocenters. The largest absolute Gasteiger partial charge is 0.458 e. The normalized spacial score (nSPS) is 24.7. The summed E-state index contributed by atoms with van der Waals surface area (Å²) in [6.45, 7) is 7.53. The summed E-state index contributed by atoms with van der Waals surface area (Å²) in [5.74, 6) is -0.154. The number of nitrogens with zero attached hydrogens (tertiary/aromatic N) is 1. The van der Waals surface area contributed by atoms with Gasteiger partial charge in [0.1, 0.15) is 11.6 Å². The van der Waals surface area contributed by atoms with Gasteiger partial charge in [-0.2, -0.15) is 0 Å². The third-order valence-corrected chi connectivity index (χ3v) is 4.04. The molecule has 2 aliphatic rings. The topological polar surface area (TPSA) is 55.8 Å². The van der Waals surface area contributed by atoms with Crippen LogP contribution >= 0.6 is 0 Å². The Kier molecular flexibility index (Phi) is 5.25. The summed E-state index contributed by atoms with van der Waals surface area (Å²) in [4.78, 5) is 26.8. The van der Waals surface area contributed by atoms with Gasteiger partial charge in [0, 0.05) is 25.7 Å². The van der Waals surface area contributed by atoms with Gasteiger partial charge in [0.15, 0.2) is 0 Å². The van der Waals surface area contributed by atoms with Gasteiger partial charge in [0.05, 0.1) is 0 Å². The molecular weight excluding hydrogens is 270 g/mol. The highest BCUT2D eigenvalue weighted by molar-refractivity contribution is 5.86. The zero-order chi connectivity index (χ0) is 15.5. The van der Waals surface area contributed by atoms with E-state index in [1.54, 1.807) is 4.90 Å². The van der Waals surface area contributed by atoms with Crippen molar-refractivity contribution in [2.24, 2.45) is 5.92 Å². The quantitative estimate of drug-likeness (QED) is 0.733. The molecule has 0 saturated carbocycles. The Morgan fingerprint density at radius 2 is 1.76 bits per heavy atom. The predicted molar refractivity (Wildman–Crippen MR) is 78.7 cm³/mol. The van der Waals surface area contributed by atoms with Crippen LogP contribution < -0.4 is 0 Å². The molecule has 0 aromatic rings. The first-order valence-electron chi connectivity index (χ1n) is 7.99. The Labute approximate surface area is 127 Å². The first-order chi connectivity index (χ1) is 9.88. The van der Waals surface area contributed by atoms with E-state index in [0.717, 1.165) is 25.7 Å². The van der Waals surface area contributed by atoms with Crippen LogP contribution in [0.25, 0.3) is 0 Å². The smallest absolute Gasteiger partial charge is 0.329 e. The van der Waals surface area contributed by atoms with Crippen molar-refractivity contribution < 1.29 is 19.1 Å². The van der Waals surface area contributed by atoms with Crippen LogP contribution in [0, 0.1) is 5.92 Å². The van der Waals surface area contributed by atoms with Crippen LogP contribution in [0.2, 0.25) is 0 Å². The highest BCUT2D eigenvalue weighted by atomic mass is 16.6. The van der Waals surface area contributed by atoms with Gasteiger partial charge < -0.3 is 14.4 Å². The van der Waals surface area contributed by atoms with Crippen molar-refractivity contribution in [3.05, 3.63) is 0 Å². The Hall–Kier alpha value is -1.10. The zero-order valence-electron chi connectivity index (χ0n) is 13.4. The Bertz CT molecular complexity index is 382. The molecule has 2 saturated heterocycles. The molecule has 2 fully saturated rings. The summed E-state index contributed by atoms with van der Waals surface area (Å²) in [7, 11) is 0. The molecular formula is C16H27NO4. The molecule has 0 aliphatic carbocycles. The molecule has 120 valence electrons. The van der Waals surface area contributed by atoms with E-state index in [1.807, 2.05) is 20.8 Å². The molecule has 0 aromatic heterocycles. The molecule has 2 heterocycles. The molecule has 0 spiro atoms. The van der Waals surface area contributed by atoms with Gasteiger partial charge in [0.2, 0.25) is 5.91 Å². The van der Waals surface area contributed by atoms with Crippen LogP contribution in [0.4, 0.5) is 0 Å². The molecule has 2 aliphatic heterocycles. The van der Waals surface area contributed by atoms with E-state index >= 15 is 0 Å². The summed E-state index contributed by atoms with van der Waals surface area (Å²) >= 11 is 0. The van der Waals surface area contributed by atoms with Gasteiger partial charge in [-0.15, -0.1) is 0 Å². The number of ether oxygens (including phenoxy) is 2. The zero-order valence-corrected chi connectivity index (χ0v) is 13.4. The van der Waals surface area contributed by atoms with Crippen molar-refractivity contribution >= 4 is 11.9 Å². The van der Waals surface area contributed by atoms with Gasteiger partial charge in [-0.25, -0.2) is 4.79 Å². The first-order valence-corrected chi connectivity index (χ1v) is 7.99. The van der Waals surface area contributed by atoms with Crippen molar-refractivity contribution in [2.75, 3.05) is 19.8 Å². The van der Waals surface area contributed by atoms with Crippen molar-refractivity contribution in [1.29, 1.82) is 0 Å². The van der Waals surface area contributed by atoms with Crippen LogP contribution in [-0.4, -0.2) is 48.2 Å². The molecule has 0 radical (unpaired) electrons. The summed E-state index contributed by atoms with van der Waals surface area (Å²) in [6.07, 6.45) is 4.17. The highest BCUT2D eigenvalue weighted by Crippen LogP contribution is 2.25. The maximum absolute atomic E-state index is 12.7. The summed E-state index contributed by atoms with van der Waals surface area (Å²) in [6, 6.07) is -0.409. The third kappa shape index (κ3) is 4.43. The predicted octanol–water partition coefficient (Wildman–Crippen LogP) is 2.14. The number of hydrogen-bond donors (Lipinski definition) is 0. The number of likely N-dealkylation sites (tertiary alicyclic amines) is 1. The standard InChI is InChI=1S/C16H27NO4/c1-16(2,3)21-15(19)13-6-4-5-9-17(13)14(18)12-7-10-20-11-8-12/h12-13H,4-11H2,1-3H3. The molecule has 0 bridgehead atoms. The third-order valence-electron chi connectivity index (χ3n) is 4.04. The summed E-state index contributed by atoms with van der Waals surface area (Å²) < 4.78 is 10.8.